The van der Waals surface area contributed by atoms with E-state index in [9.17, 15) is 4.79 Å². The van der Waals surface area contributed by atoms with Gasteiger partial charge in [-0.15, -0.1) is 0 Å². The number of nitrogens with one attached hydrogen (secondary N) is 1. The third kappa shape index (κ3) is 3.44. The SMILES string of the molecule is CC(C)Cc1ccc(-c2nc[nH]c2CC(=O)O)cc1. The van der Waals surface area contributed by atoms with Crippen LogP contribution in [-0.2, 0) is 17.6 Å². The molecule has 1 aromatic carbocycles. The van der Waals surface area contributed by atoms with Crippen molar-refractivity contribution in [3.63, 3.8) is 0 Å². The van der Waals surface area contributed by atoms with Crippen molar-refractivity contribution in [3.8, 4) is 11.3 Å². The summed E-state index contributed by atoms with van der Waals surface area (Å²) in [6.07, 6.45) is 2.54. The third-order valence-electron chi connectivity index (χ3n) is 2.92. The number of imidazole rings is 1. The molecule has 2 rings (SSSR count). The number of aliphatic carboxylic acids is 1. The molecule has 100 valence electrons. The van der Waals surface area contributed by atoms with Crippen LogP contribution in [0.15, 0.2) is 30.6 Å². The fraction of sp³-hybridized carbons (Fsp3) is 0.333. The molecule has 0 spiro atoms. The fourth-order valence-electron chi connectivity index (χ4n) is 2.13. The molecule has 0 saturated heterocycles. The molecule has 0 aliphatic carbocycles. The van der Waals surface area contributed by atoms with E-state index in [0.717, 1.165) is 17.7 Å². The highest BCUT2D eigenvalue weighted by molar-refractivity contribution is 5.73. The molecule has 0 aliphatic rings. The molecule has 2 aromatic rings. The lowest BCUT2D eigenvalue weighted by Gasteiger charge is -2.06. The van der Waals surface area contributed by atoms with Crippen LogP contribution in [0.1, 0.15) is 25.1 Å². The number of rotatable bonds is 5. The lowest BCUT2D eigenvalue weighted by molar-refractivity contribution is -0.136. The van der Waals surface area contributed by atoms with Crippen LogP contribution < -0.4 is 0 Å². The summed E-state index contributed by atoms with van der Waals surface area (Å²) in [5, 5.41) is 8.85. The number of aromatic amines is 1. The summed E-state index contributed by atoms with van der Waals surface area (Å²) < 4.78 is 0. The van der Waals surface area contributed by atoms with Crippen molar-refractivity contribution in [1.29, 1.82) is 0 Å². The molecule has 0 radical (unpaired) electrons. The number of H-pyrrole nitrogens is 1. The van der Waals surface area contributed by atoms with Crippen LogP contribution in [0.3, 0.4) is 0 Å². The second kappa shape index (κ2) is 5.69. The zero-order chi connectivity index (χ0) is 13.8. The third-order valence-corrected chi connectivity index (χ3v) is 2.92. The minimum Gasteiger partial charge on any atom is -0.481 e. The number of nitrogens with zero attached hydrogens (tertiary/aromatic N) is 1. The smallest absolute Gasteiger partial charge is 0.309 e. The van der Waals surface area contributed by atoms with Crippen LogP contribution in [-0.4, -0.2) is 21.0 Å². The molecule has 1 aromatic heterocycles. The Bertz CT molecular complexity index is 556. The van der Waals surface area contributed by atoms with Gasteiger partial charge in [-0.1, -0.05) is 38.1 Å². The van der Waals surface area contributed by atoms with Gasteiger partial charge in [-0.25, -0.2) is 4.98 Å². The molecule has 0 amide bonds. The summed E-state index contributed by atoms with van der Waals surface area (Å²) in [7, 11) is 0. The summed E-state index contributed by atoms with van der Waals surface area (Å²) in [5.74, 6) is -0.235. The molecule has 0 aliphatic heterocycles. The van der Waals surface area contributed by atoms with Crippen molar-refractivity contribution in [2.75, 3.05) is 0 Å². The van der Waals surface area contributed by atoms with Crippen LogP contribution in [0.4, 0.5) is 0 Å². The highest BCUT2D eigenvalue weighted by Crippen LogP contribution is 2.22. The van der Waals surface area contributed by atoms with Gasteiger partial charge in [0.25, 0.3) is 0 Å². The number of aromatic nitrogens is 2. The maximum atomic E-state index is 10.8. The molecular weight excluding hydrogens is 240 g/mol. The van der Waals surface area contributed by atoms with Gasteiger partial charge in [0.05, 0.1) is 24.1 Å². The van der Waals surface area contributed by atoms with E-state index in [4.69, 9.17) is 5.11 Å². The maximum Gasteiger partial charge on any atom is 0.309 e. The average Bonchev–Trinajstić information content (AvgIpc) is 2.76. The number of benzene rings is 1. The number of carboxylic acid groups (broad SMARTS) is 1. The Kier molecular flexibility index (Phi) is 4.00. The molecule has 4 nitrogen and oxygen atoms in total. The van der Waals surface area contributed by atoms with Crippen LogP contribution in [0, 0.1) is 5.92 Å². The second-order valence-corrected chi connectivity index (χ2v) is 5.10. The van der Waals surface area contributed by atoms with Crippen molar-refractivity contribution in [2.45, 2.75) is 26.7 Å². The highest BCUT2D eigenvalue weighted by atomic mass is 16.4. The van der Waals surface area contributed by atoms with Gasteiger partial charge < -0.3 is 10.1 Å². The van der Waals surface area contributed by atoms with Gasteiger partial charge in [-0.2, -0.15) is 0 Å². The van der Waals surface area contributed by atoms with E-state index in [-0.39, 0.29) is 6.42 Å². The van der Waals surface area contributed by atoms with E-state index in [2.05, 4.69) is 35.9 Å². The van der Waals surface area contributed by atoms with Gasteiger partial charge in [0.2, 0.25) is 0 Å². The van der Waals surface area contributed by atoms with E-state index in [0.29, 0.717) is 11.6 Å². The predicted molar refractivity (Wildman–Crippen MR) is 73.9 cm³/mol. The van der Waals surface area contributed by atoms with Crippen LogP contribution in [0.2, 0.25) is 0 Å². The Morgan fingerprint density at radius 2 is 2.00 bits per heavy atom. The normalized spacial score (nSPS) is 10.9. The molecule has 0 bridgehead atoms. The van der Waals surface area contributed by atoms with Gasteiger partial charge in [-0.05, 0) is 17.9 Å². The van der Waals surface area contributed by atoms with E-state index in [1.807, 2.05) is 12.1 Å². The second-order valence-electron chi connectivity index (χ2n) is 5.10. The fourth-order valence-corrected chi connectivity index (χ4v) is 2.13. The largest absolute Gasteiger partial charge is 0.481 e. The Morgan fingerprint density at radius 1 is 1.32 bits per heavy atom. The molecule has 0 unspecified atom stereocenters. The molecule has 0 saturated carbocycles. The highest BCUT2D eigenvalue weighted by Gasteiger charge is 2.11. The average molecular weight is 258 g/mol. The Balaban J connectivity index is 2.22. The van der Waals surface area contributed by atoms with Crippen molar-refractivity contribution in [3.05, 3.63) is 41.9 Å². The van der Waals surface area contributed by atoms with Crippen molar-refractivity contribution >= 4 is 5.97 Å². The van der Waals surface area contributed by atoms with Gasteiger partial charge in [-0.3, -0.25) is 4.79 Å². The number of carbonyl (C=O) groups is 1. The molecule has 2 N–H and O–H groups in total. The van der Waals surface area contributed by atoms with Crippen molar-refractivity contribution in [2.24, 2.45) is 5.92 Å². The first-order chi connectivity index (χ1) is 9.06. The molecule has 19 heavy (non-hydrogen) atoms. The van der Waals surface area contributed by atoms with Gasteiger partial charge in [0.15, 0.2) is 0 Å². The number of carboxylic acids is 1. The van der Waals surface area contributed by atoms with E-state index >= 15 is 0 Å². The quantitative estimate of drug-likeness (QED) is 0.866. The van der Waals surface area contributed by atoms with Crippen LogP contribution in [0.5, 0.6) is 0 Å². The van der Waals surface area contributed by atoms with Crippen LogP contribution in [0.25, 0.3) is 11.3 Å². The van der Waals surface area contributed by atoms with E-state index < -0.39 is 5.97 Å². The zero-order valence-corrected chi connectivity index (χ0v) is 11.2. The summed E-state index contributed by atoms with van der Waals surface area (Å²) in [6.45, 7) is 4.37. The molecule has 1 heterocycles. The Hall–Kier alpha value is -2.10. The van der Waals surface area contributed by atoms with Gasteiger partial charge in [0, 0.05) is 5.56 Å². The van der Waals surface area contributed by atoms with Crippen molar-refractivity contribution < 1.29 is 9.90 Å². The summed E-state index contributed by atoms with van der Waals surface area (Å²) in [5.41, 5.74) is 3.60. The first-order valence-corrected chi connectivity index (χ1v) is 6.39. The summed E-state index contributed by atoms with van der Waals surface area (Å²) >= 11 is 0. The zero-order valence-electron chi connectivity index (χ0n) is 11.2. The molecule has 0 atom stereocenters. The standard InChI is InChI=1S/C15H18N2O2/c1-10(2)7-11-3-5-12(6-4-11)15-13(8-14(18)19)16-9-17-15/h3-6,9-10H,7-8H2,1-2H3,(H,16,17)(H,18,19). The summed E-state index contributed by atoms with van der Waals surface area (Å²) in [4.78, 5) is 17.9. The lowest BCUT2D eigenvalue weighted by atomic mass is 10.0. The van der Waals surface area contributed by atoms with E-state index in [1.54, 1.807) is 0 Å². The first-order valence-electron chi connectivity index (χ1n) is 6.39. The summed E-state index contributed by atoms with van der Waals surface area (Å²) in [6, 6.07) is 8.15. The monoisotopic (exact) mass is 258 g/mol. The minimum atomic E-state index is -0.859. The predicted octanol–water partition coefficient (Wildman–Crippen LogP) is 2.90. The van der Waals surface area contributed by atoms with Crippen molar-refractivity contribution in [1.82, 2.24) is 9.97 Å². The van der Waals surface area contributed by atoms with Gasteiger partial charge >= 0.3 is 5.97 Å². The lowest BCUT2D eigenvalue weighted by Crippen LogP contribution is -2.02. The van der Waals surface area contributed by atoms with E-state index in [1.165, 1.54) is 11.9 Å². The van der Waals surface area contributed by atoms with Crippen LogP contribution >= 0.6 is 0 Å². The topological polar surface area (TPSA) is 66.0 Å². The molecule has 4 heteroatoms. The minimum absolute atomic E-state index is 0.0386. The Morgan fingerprint density at radius 3 is 2.58 bits per heavy atom. The number of hydrogen-bond donors (Lipinski definition) is 2. The molecular formula is C15H18N2O2. The van der Waals surface area contributed by atoms with Gasteiger partial charge in [0.1, 0.15) is 0 Å². The maximum absolute atomic E-state index is 10.8. The molecule has 0 fully saturated rings. The first kappa shape index (κ1) is 13.3. The number of hydrogen-bond acceptors (Lipinski definition) is 2. The Labute approximate surface area is 112 Å².